The van der Waals surface area contributed by atoms with Crippen LogP contribution < -0.4 is 15.4 Å². The monoisotopic (exact) mass is 510 g/mol. The molecule has 0 amide bonds. The molecule has 3 rings (SSSR count). The average Bonchev–Trinajstić information content (AvgIpc) is 2.72. The summed E-state index contributed by atoms with van der Waals surface area (Å²) in [6.45, 7) is 8.18. The number of hydrogen-bond donors (Lipinski definition) is 2. The van der Waals surface area contributed by atoms with Crippen molar-refractivity contribution in [3.8, 4) is 11.5 Å². The van der Waals surface area contributed by atoms with Gasteiger partial charge in [0.05, 0.1) is 13.2 Å². The van der Waals surface area contributed by atoms with Gasteiger partial charge in [0.25, 0.3) is 0 Å². The summed E-state index contributed by atoms with van der Waals surface area (Å²) >= 11 is 0. The summed E-state index contributed by atoms with van der Waals surface area (Å²) in [5, 5.41) is 6.76. The molecule has 1 aliphatic heterocycles. The predicted molar refractivity (Wildman–Crippen MR) is 129 cm³/mol. The van der Waals surface area contributed by atoms with Crippen molar-refractivity contribution in [2.45, 2.75) is 13.5 Å². The Hall–Kier alpha value is -1.84. The molecule has 0 atom stereocenters. The first kappa shape index (κ1) is 23.4. The molecule has 2 N–H and O–H groups in total. The second-order valence-electron chi connectivity index (χ2n) is 6.83. The number of morpholine rings is 1. The van der Waals surface area contributed by atoms with E-state index in [2.05, 4.69) is 39.6 Å². The van der Waals surface area contributed by atoms with Gasteiger partial charge >= 0.3 is 0 Å². The van der Waals surface area contributed by atoms with E-state index >= 15 is 0 Å². The lowest BCUT2D eigenvalue weighted by atomic mass is 10.2. The quantitative estimate of drug-likeness (QED) is 0.340. The van der Waals surface area contributed by atoms with Crippen LogP contribution in [0.3, 0.4) is 0 Å². The third-order valence-electron chi connectivity index (χ3n) is 4.68. The number of guanidine groups is 1. The molecule has 0 aromatic heterocycles. The largest absolute Gasteiger partial charge is 0.457 e. The van der Waals surface area contributed by atoms with Gasteiger partial charge in [0.2, 0.25) is 0 Å². The molecule has 0 saturated carbocycles. The van der Waals surface area contributed by atoms with Crippen LogP contribution in [0.25, 0.3) is 0 Å². The molecule has 6 nitrogen and oxygen atoms in total. The van der Waals surface area contributed by atoms with Gasteiger partial charge < -0.3 is 20.1 Å². The van der Waals surface area contributed by atoms with E-state index in [1.165, 1.54) is 5.56 Å². The number of hydrogen-bond acceptors (Lipinski definition) is 4. The Bertz CT molecular complexity index is 779. The average molecular weight is 510 g/mol. The van der Waals surface area contributed by atoms with Crippen LogP contribution in [0.5, 0.6) is 11.5 Å². The van der Waals surface area contributed by atoms with Gasteiger partial charge in [0, 0.05) is 45.3 Å². The Labute approximate surface area is 190 Å². The molecule has 0 aliphatic carbocycles. The van der Waals surface area contributed by atoms with Crippen molar-refractivity contribution in [1.29, 1.82) is 0 Å². The number of aliphatic imine (C=N–C) groups is 1. The zero-order valence-electron chi connectivity index (χ0n) is 17.2. The third-order valence-corrected chi connectivity index (χ3v) is 4.68. The van der Waals surface area contributed by atoms with Crippen molar-refractivity contribution in [3.05, 3.63) is 59.7 Å². The summed E-state index contributed by atoms with van der Waals surface area (Å²) in [5.41, 5.74) is 2.26. The van der Waals surface area contributed by atoms with Crippen molar-refractivity contribution < 1.29 is 9.47 Å². The van der Waals surface area contributed by atoms with Gasteiger partial charge in [-0.1, -0.05) is 30.3 Å². The zero-order chi connectivity index (χ0) is 19.6. The normalized spacial score (nSPS) is 14.8. The summed E-state index contributed by atoms with van der Waals surface area (Å²) in [7, 11) is 1.79. The van der Waals surface area contributed by atoms with Crippen molar-refractivity contribution in [2.24, 2.45) is 4.99 Å². The third kappa shape index (κ3) is 7.83. The molecule has 0 bridgehead atoms. The van der Waals surface area contributed by atoms with E-state index in [1.807, 2.05) is 36.4 Å². The van der Waals surface area contributed by atoms with E-state index in [1.54, 1.807) is 7.05 Å². The SMILES string of the molecule is CN=C(NCCN1CCOCC1)NCc1ccccc1Oc1cccc(C)c1.I. The second kappa shape index (κ2) is 12.7. The number of nitrogens with zero attached hydrogens (tertiary/aromatic N) is 2. The highest BCUT2D eigenvalue weighted by Crippen LogP contribution is 2.25. The summed E-state index contributed by atoms with van der Waals surface area (Å²) in [5.74, 6) is 2.49. The standard InChI is InChI=1S/C22H30N4O2.HI/c1-18-6-5-8-20(16-18)28-21-9-4-3-7-19(21)17-25-22(23-2)24-10-11-26-12-14-27-15-13-26;/h3-9,16H,10-15,17H2,1-2H3,(H2,23,24,25);1H. The van der Waals surface area contributed by atoms with Crippen LogP contribution in [0, 0.1) is 6.92 Å². The lowest BCUT2D eigenvalue weighted by molar-refractivity contribution is 0.0389. The van der Waals surface area contributed by atoms with Crippen LogP contribution in [0.1, 0.15) is 11.1 Å². The minimum Gasteiger partial charge on any atom is -0.457 e. The van der Waals surface area contributed by atoms with E-state index in [4.69, 9.17) is 9.47 Å². The van der Waals surface area contributed by atoms with Gasteiger partial charge in [0.1, 0.15) is 11.5 Å². The summed E-state index contributed by atoms with van der Waals surface area (Å²) in [6.07, 6.45) is 0. The molecular weight excluding hydrogens is 479 g/mol. The molecule has 7 heteroatoms. The van der Waals surface area contributed by atoms with Gasteiger partial charge in [-0.2, -0.15) is 0 Å². The van der Waals surface area contributed by atoms with E-state index in [0.29, 0.717) is 6.54 Å². The molecule has 1 fully saturated rings. The van der Waals surface area contributed by atoms with Gasteiger partial charge in [0.15, 0.2) is 5.96 Å². The number of benzene rings is 2. The summed E-state index contributed by atoms with van der Waals surface area (Å²) in [4.78, 5) is 6.72. The number of ether oxygens (including phenoxy) is 2. The number of rotatable bonds is 7. The molecule has 2 aromatic rings. The van der Waals surface area contributed by atoms with Gasteiger partial charge in [-0.15, -0.1) is 24.0 Å². The van der Waals surface area contributed by atoms with Gasteiger partial charge in [-0.3, -0.25) is 9.89 Å². The molecule has 29 heavy (non-hydrogen) atoms. The lowest BCUT2D eigenvalue weighted by Gasteiger charge is -2.26. The maximum Gasteiger partial charge on any atom is 0.191 e. The first-order chi connectivity index (χ1) is 13.7. The molecule has 0 spiro atoms. The molecule has 1 saturated heterocycles. The fourth-order valence-corrected chi connectivity index (χ4v) is 3.11. The smallest absolute Gasteiger partial charge is 0.191 e. The Morgan fingerprint density at radius 2 is 1.90 bits per heavy atom. The van der Waals surface area contributed by atoms with Crippen molar-refractivity contribution in [1.82, 2.24) is 15.5 Å². The molecule has 158 valence electrons. The number of aryl methyl sites for hydroxylation is 1. The van der Waals surface area contributed by atoms with E-state index < -0.39 is 0 Å². The maximum absolute atomic E-state index is 6.10. The number of para-hydroxylation sites is 1. The Kier molecular flexibility index (Phi) is 10.2. The Balaban J connectivity index is 0.00000300. The highest BCUT2D eigenvalue weighted by atomic mass is 127. The molecular formula is C22H31IN4O2. The highest BCUT2D eigenvalue weighted by molar-refractivity contribution is 14.0. The summed E-state index contributed by atoms with van der Waals surface area (Å²) in [6, 6.07) is 16.2. The zero-order valence-corrected chi connectivity index (χ0v) is 19.5. The first-order valence-corrected chi connectivity index (χ1v) is 9.81. The topological polar surface area (TPSA) is 58.1 Å². The van der Waals surface area contributed by atoms with Gasteiger partial charge in [-0.25, -0.2) is 0 Å². The number of halogens is 1. The highest BCUT2D eigenvalue weighted by Gasteiger charge is 2.10. The van der Waals surface area contributed by atoms with Gasteiger partial charge in [-0.05, 0) is 30.7 Å². The first-order valence-electron chi connectivity index (χ1n) is 9.81. The lowest BCUT2D eigenvalue weighted by Crippen LogP contribution is -2.44. The van der Waals surface area contributed by atoms with Crippen LogP contribution in [0.15, 0.2) is 53.5 Å². The summed E-state index contributed by atoms with van der Waals surface area (Å²) < 4.78 is 11.5. The van der Waals surface area contributed by atoms with E-state index in [9.17, 15) is 0 Å². The number of nitrogens with one attached hydrogen (secondary N) is 2. The van der Waals surface area contributed by atoms with Crippen molar-refractivity contribution in [3.63, 3.8) is 0 Å². The Morgan fingerprint density at radius 1 is 1.10 bits per heavy atom. The van der Waals surface area contributed by atoms with Crippen LogP contribution in [0.2, 0.25) is 0 Å². The van der Waals surface area contributed by atoms with Crippen molar-refractivity contribution in [2.75, 3.05) is 46.4 Å². The fourth-order valence-electron chi connectivity index (χ4n) is 3.11. The molecule has 2 aromatic carbocycles. The van der Waals surface area contributed by atoms with Crippen LogP contribution in [0.4, 0.5) is 0 Å². The Morgan fingerprint density at radius 3 is 2.66 bits per heavy atom. The molecule has 1 aliphatic rings. The molecule has 1 heterocycles. The fraction of sp³-hybridized carbons (Fsp3) is 0.409. The van der Waals surface area contributed by atoms with Crippen molar-refractivity contribution >= 4 is 29.9 Å². The maximum atomic E-state index is 6.10. The minimum atomic E-state index is 0. The molecule has 0 radical (unpaired) electrons. The molecule has 0 unspecified atom stereocenters. The minimum absolute atomic E-state index is 0. The van der Waals surface area contributed by atoms with Crippen LogP contribution in [-0.4, -0.2) is 57.3 Å². The van der Waals surface area contributed by atoms with Crippen LogP contribution >= 0.6 is 24.0 Å². The predicted octanol–water partition coefficient (Wildman–Crippen LogP) is 3.40. The van der Waals surface area contributed by atoms with Crippen LogP contribution in [-0.2, 0) is 11.3 Å². The van der Waals surface area contributed by atoms with E-state index in [0.717, 1.165) is 62.4 Å². The van der Waals surface area contributed by atoms with E-state index in [-0.39, 0.29) is 24.0 Å². The second-order valence-corrected chi connectivity index (χ2v) is 6.83.